The second kappa shape index (κ2) is 4.04. The first-order valence-electron chi connectivity index (χ1n) is 4.80. The highest BCUT2D eigenvalue weighted by atomic mass is 15.3. The van der Waals surface area contributed by atoms with Gasteiger partial charge < -0.3 is 16.0 Å². The predicted molar refractivity (Wildman–Crippen MR) is 58.5 cm³/mol. The first kappa shape index (κ1) is 9.57. The van der Waals surface area contributed by atoms with Crippen LogP contribution in [0.1, 0.15) is 11.3 Å². The molecule has 6 nitrogen and oxygen atoms in total. The molecule has 0 fully saturated rings. The summed E-state index contributed by atoms with van der Waals surface area (Å²) in [5.74, 6) is 0.871. The van der Waals surface area contributed by atoms with Crippen LogP contribution in [0.3, 0.4) is 0 Å². The third-order valence-electron chi connectivity index (χ3n) is 2.25. The van der Waals surface area contributed by atoms with Gasteiger partial charge in [0, 0.05) is 18.4 Å². The molecule has 2 heterocycles. The Labute approximate surface area is 87.3 Å². The third-order valence-corrected chi connectivity index (χ3v) is 2.25. The van der Waals surface area contributed by atoms with Crippen molar-refractivity contribution in [2.24, 2.45) is 0 Å². The number of nitrogens with two attached hydrogens (primary N) is 1. The van der Waals surface area contributed by atoms with Crippen LogP contribution < -0.4 is 11.1 Å². The quantitative estimate of drug-likeness (QED) is 0.591. The van der Waals surface area contributed by atoms with Crippen LogP contribution in [0, 0.1) is 6.92 Å². The Kier molecular flexibility index (Phi) is 2.57. The zero-order valence-corrected chi connectivity index (χ0v) is 8.54. The average Bonchev–Trinajstić information content (AvgIpc) is 2.77. The number of rotatable bonds is 4. The molecule has 0 atom stereocenters. The number of hydrogen-bond acceptors (Lipinski definition) is 4. The predicted octanol–water partition coefficient (Wildman–Crippen LogP) is 0.678. The Hall–Kier alpha value is -1.98. The van der Waals surface area contributed by atoms with E-state index >= 15 is 0 Å². The van der Waals surface area contributed by atoms with Gasteiger partial charge in [0.2, 0.25) is 11.9 Å². The number of aromatic nitrogens is 4. The number of nitrogens with one attached hydrogen (secondary N) is 3. The molecule has 0 saturated carbocycles. The van der Waals surface area contributed by atoms with E-state index in [1.165, 1.54) is 11.3 Å². The fraction of sp³-hybridized carbons (Fsp3) is 0.333. The molecule has 2 aromatic rings. The number of hydrogen-bond donors (Lipinski definition) is 4. The van der Waals surface area contributed by atoms with Crippen molar-refractivity contribution in [2.75, 3.05) is 17.6 Å². The van der Waals surface area contributed by atoms with Gasteiger partial charge in [0.05, 0.1) is 0 Å². The van der Waals surface area contributed by atoms with Crippen molar-refractivity contribution in [3.05, 3.63) is 23.5 Å². The maximum atomic E-state index is 5.39. The van der Waals surface area contributed by atoms with Crippen LogP contribution in [0.25, 0.3) is 0 Å². The van der Waals surface area contributed by atoms with Gasteiger partial charge in [-0.15, -0.1) is 5.10 Å². The van der Waals surface area contributed by atoms with E-state index in [0.29, 0.717) is 11.9 Å². The molecule has 0 spiro atoms. The van der Waals surface area contributed by atoms with Crippen molar-refractivity contribution in [1.29, 1.82) is 0 Å². The van der Waals surface area contributed by atoms with Crippen LogP contribution in [-0.2, 0) is 6.42 Å². The van der Waals surface area contributed by atoms with E-state index in [9.17, 15) is 0 Å². The molecule has 0 unspecified atom stereocenters. The molecule has 2 rings (SSSR count). The van der Waals surface area contributed by atoms with Crippen molar-refractivity contribution >= 4 is 11.9 Å². The summed E-state index contributed by atoms with van der Waals surface area (Å²) in [7, 11) is 0. The lowest BCUT2D eigenvalue weighted by atomic mass is 10.2. The minimum atomic E-state index is 0.329. The van der Waals surface area contributed by atoms with E-state index < -0.39 is 0 Å². The molecule has 0 aliphatic carbocycles. The average molecular weight is 206 g/mol. The van der Waals surface area contributed by atoms with Gasteiger partial charge in [0.25, 0.3) is 0 Å². The molecule has 0 bridgehead atoms. The van der Waals surface area contributed by atoms with Crippen molar-refractivity contribution in [3.63, 3.8) is 0 Å². The van der Waals surface area contributed by atoms with Crippen molar-refractivity contribution in [2.45, 2.75) is 13.3 Å². The Balaban J connectivity index is 1.83. The normalized spacial score (nSPS) is 10.5. The van der Waals surface area contributed by atoms with Gasteiger partial charge in [0.15, 0.2) is 0 Å². The monoisotopic (exact) mass is 206 g/mol. The zero-order valence-electron chi connectivity index (χ0n) is 8.54. The highest BCUT2D eigenvalue weighted by Gasteiger charge is 2.01. The van der Waals surface area contributed by atoms with Gasteiger partial charge in [-0.3, -0.25) is 0 Å². The van der Waals surface area contributed by atoms with Crippen molar-refractivity contribution in [1.82, 2.24) is 20.2 Å². The van der Waals surface area contributed by atoms with E-state index in [1.807, 2.05) is 6.20 Å². The first-order chi connectivity index (χ1) is 7.25. The Bertz CT molecular complexity index is 429. The second-order valence-electron chi connectivity index (χ2n) is 3.35. The fourth-order valence-electron chi connectivity index (χ4n) is 1.42. The molecule has 80 valence electrons. The fourth-order valence-corrected chi connectivity index (χ4v) is 1.42. The smallest absolute Gasteiger partial charge is 0.243 e. The van der Waals surface area contributed by atoms with Crippen LogP contribution in [0.5, 0.6) is 0 Å². The molecule has 2 aromatic heterocycles. The highest BCUT2D eigenvalue weighted by Crippen LogP contribution is 2.06. The number of H-pyrrole nitrogens is 2. The summed E-state index contributed by atoms with van der Waals surface area (Å²) in [5.41, 5.74) is 7.89. The molecule has 15 heavy (non-hydrogen) atoms. The van der Waals surface area contributed by atoms with E-state index in [0.717, 1.165) is 13.0 Å². The molecule has 0 aromatic carbocycles. The minimum Gasteiger partial charge on any atom is -0.368 e. The van der Waals surface area contributed by atoms with Crippen LogP contribution in [0.4, 0.5) is 11.9 Å². The molecule has 6 heteroatoms. The van der Waals surface area contributed by atoms with Crippen molar-refractivity contribution < 1.29 is 0 Å². The number of anilines is 2. The standard InChI is InChI=1S/C9H14N6/c1-6-7(2-4-11-6)3-5-12-9-13-8(10)14-15-9/h2,4,11H,3,5H2,1H3,(H4,10,12,13,14,15). The summed E-state index contributed by atoms with van der Waals surface area (Å²) in [6, 6.07) is 2.07. The van der Waals surface area contributed by atoms with E-state index in [4.69, 9.17) is 5.73 Å². The summed E-state index contributed by atoms with van der Waals surface area (Å²) >= 11 is 0. The van der Waals surface area contributed by atoms with Crippen LogP contribution in [0.15, 0.2) is 12.3 Å². The Morgan fingerprint density at radius 1 is 1.53 bits per heavy atom. The summed E-state index contributed by atoms with van der Waals surface area (Å²) in [6.07, 6.45) is 2.87. The minimum absolute atomic E-state index is 0.329. The van der Waals surface area contributed by atoms with Crippen LogP contribution >= 0.6 is 0 Å². The molecular weight excluding hydrogens is 192 g/mol. The molecule has 0 aliphatic rings. The lowest BCUT2D eigenvalue weighted by Gasteiger charge is -2.00. The lowest BCUT2D eigenvalue weighted by molar-refractivity contribution is 0.974. The molecule has 0 aliphatic heterocycles. The van der Waals surface area contributed by atoms with Gasteiger partial charge in [0.1, 0.15) is 0 Å². The maximum absolute atomic E-state index is 5.39. The van der Waals surface area contributed by atoms with Gasteiger partial charge in [-0.25, -0.2) is 5.10 Å². The molecular formula is C9H14N6. The zero-order chi connectivity index (χ0) is 10.7. The number of aryl methyl sites for hydroxylation is 1. The Morgan fingerprint density at radius 2 is 2.40 bits per heavy atom. The van der Waals surface area contributed by atoms with Gasteiger partial charge in [-0.2, -0.15) is 4.98 Å². The summed E-state index contributed by atoms with van der Waals surface area (Å²) in [6.45, 7) is 2.84. The summed E-state index contributed by atoms with van der Waals surface area (Å²) in [4.78, 5) is 7.08. The number of nitrogens with zero attached hydrogens (tertiary/aromatic N) is 2. The number of nitrogen functional groups attached to an aromatic ring is 1. The summed E-state index contributed by atoms with van der Waals surface area (Å²) in [5, 5.41) is 9.53. The van der Waals surface area contributed by atoms with Crippen LogP contribution in [0.2, 0.25) is 0 Å². The van der Waals surface area contributed by atoms with Gasteiger partial charge in [-0.1, -0.05) is 0 Å². The molecule has 0 saturated heterocycles. The van der Waals surface area contributed by atoms with Crippen LogP contribution in [-0.4, -0.2) is 26.7 Å². The van der Waals surface area contributed by atoms with Gasteiger partial charge in [-0.05, 0) is 25.0 Å². The Morgan fingerprint density at radius 3 is 3.00 bits per heavy atom. The second-order valence-corrected chi connectivity index (χ2v) is 3.35. The first-order valence-corrected chi connectivity index (χ1v) is 4.80. The summed E-state index contributed by atoms with van der Waals surface area (Å²) < 4.78 is 0. The van der Waals surface area contributed by atoms with E-state index in [2.05, 4.69) is 38.5 Å². The highest BCUT2D eigenvalue weighted by molar-refractivity contribution is 5.30. The third kappa shape index (κ3) is 2.28. The van der Waals surface area contributed by atoms with Gasteiger partial charge >= 0.3 is 0 Å². The SMILES string of the molecule is Cc1[nH]ccc1CCNc1n[nH]c(N)n1. The van der Waals surface area contributed by atoms with Crippen molar-refractivity contribution in [3.8, 4) is 0 Å². The van der Waals surface area contributed by atoms with E-state index in [-0.39, 0.29) is 0 Å². The maximum Gasteiger partial charge on any atom is 0.243 e. The topological polar surface area (TPSA) is 95.4 Å². The lowest BCUT2D eigenvalue weighted by Crippen LogP contribution is -2.06. The molecule has 0 amide bonds. The molecule has 0 radical (unpaired) electrons. The largest absolute Gasteiger partial charge is 0.368 e. The number of aromatic amines is 2. The molecule has 5 N–H and O–H groups in total. The van der Waals surface area contributed by atoms with E-state index in [1.54, 1.807) is 0 Å².